The third-order valence-electron chi connectivity index (χ3n) is 13.2. The molecular weight excluding hydrogens is 805 g/mol. The van der Waals surface area contributed by atoms with Crippen molar-refractivity contribution in [1.82, 2.24) is 43.7 Å². The van der Waals surface area contributed by atoms with Gasteiger partial charge in [-0.25, -0.2) is 23.1 Å². The number of amides is 3. The molecule has 8 heterocycles. The summed E-state index contributed by atoms with van der Waals surface area (Å²) in [6, 6.07) is 6.69. The highest BCUT2D eigenvalue weighted by Crippen LogP contribution is 2.36. The van der Waals surface area contributed by atoms with Gasteiger partial charge in [-0.1, -0.05) is 17.9 Å². The van der Waals surface area contributed by atoms with Crippen molar-refractivity contribution < 1.29 is 32.6 Å². The Morgan fingerprint density at radius 2 is 1.94 bits per heavy atom. The number of anilines is 2. The van der Waals surface area contributed by atoms with Gasteiger partial charge in [0.25, 0.3) is 12.3 Å². The second-order valence-corrected chi connectivity index (χ2v) is 17.1. The normalized spacial score (nSPS) is 25.3. The van der Waals surface area contributed by atoms with Crippen molar-refractivity contribution in [3.05, 3.63) is 70.2 Å². The number of imidazole rings is 1. The molecular formula is C43H47F2N11O6. The second-order valence-electron chi connectivity index (χ2n) is 17.1. The van der Waals surface area contributed by atoms with Gasteiger partial charge in [0.05, 0.1) is 59.4 Å². The van der Waals surface area contributed by atoms with Crippen LogP contribution in [0.5, 0.6) is 0 Å². The van der Waals surface area contributed by atoms with Crippen LogP contribution in [0.1, 0.15) is 91.5 Å². The Kier molecular flexibility index (Phi) is 10.6. The molecule has 5 aliphatic rings. The number of rotatable bonds is 10. The Balaban J connectivity index is 0.717. The number of carbonyl (C=O) groups is 3. The molecule has 324 valence electrons. The highest BCUT2D eigenvalue weighted by Gasteiger charge is 2.40. The minimum Gasteiger partial charge on any atom is -0.374 e. The summed E-state index contributed by atoms with van der Waals surface area (Å²) in [5.41, 5.74) is 1.57. The van der Waals surface area contributed by atoms with E-state index in [2.05, 4.69) is 42.5 Å². The third-order valence-corrected chi connectivity index (χ3v) is 13.2. The molecule has 3 amide bonds. The van der Waals surface area contributed by atoms with E-state index in [1.54, 1.807) is 30.1 Å². The molecule has 4 saturated heterocycles. The van der Waals surface area contributed by atoms with E-state index in [0.29, 0.717) is 34.8 Å². The van der Waals surface area contributed by atoms with E-state index in [9.17, 15) is 28.0 Å². The largest absolute Gasteiger partial charge is 0.374 e. The Bertz CT molecular complexity index is 2690. The first kappa shape index (κ1) is 40.1. The van der Waals surface area contributed by atoms with Gasteiger partial charge in [-0.3, -0.25) is 33.5 Å². The smallest absolute Gasteiger partial charge is 0.329 e. The number of fused-ring (bicyclic) bond motifs is 4. The molecule has 4 aliphatic heterocycles. The molecule has 2 N–H and O–H groups in total. The zero-order valence-electron chi connectivity index (χ0n) is 34.2. The van der Waals surface area contributed by atoms with Gasteiger partial charge in [0.1, 0.15) is 24.0 Å². The van der Waals surface area contributed by atoms with E-state index in [-0.39, 0.29) is 66.6 Å². The molecule has 1 saturated carbocycles. The second kappa shape index (κ2) is 16.4. The number of alkyl halides is 2. The number of benzene rings is 1. The maximum Gasteiger partial charge on any atom is 0.329 e. The molecule has 62 heavy (non-hydrogen) atoms. The number of aryl methyl sites for hydroxylation is 1. The number of halogens is 2. The molecule has 4 atom stereocenters. The van der Waals surface area contributed by atoms with Crippen molar-refractivity contribution in [2.24, 2.45) is 13.0 Å². The van der Waals surface area contributed by atoms with Crippen LogP contribution in [0.15, 0.2) is 47.7 Å². The Labute approximate surface area is 354 Å². The van der Waals surface area contributed by atoms with E-state index in [1.807, 2.05) is 12.1 Å². The van der Waals surface area contributed by atoms with Crippen LogP contribution >= 0.6 is 0 Å². The van der Waals surface area contributed by atoms with Crippen LogP contribution in [-0.4, -0.2) is 114 Å². The van der Waals surface area contributed by atoms with E-state index >= 15 is 0 Å². The summed E-state index contributed by atoms with van der Waals surface area (Å²) < 4.78 is 46.5. The Morgan fingerprint density at radius 1 is 1.08 bits per heavy atom. The fourth-order valence-electron chi connectivity index (χ4n) is 10.0. The molecule has 17 nitrogen and oxygen atoms in total. The lowest BCUT2D eigenvalue weighted by Gasteiger charge is -2.31. The SMILES string of the molecule is Cn1c(=O)n(C2CCC(=O)NC2=O)c2cccc(C#CCO[C@@H]3CCN(CC4CCC(n5cc(NC(=O)c6cnn7ccc(N8C[C@H]9C[C@@H]8CO9)nc67)c(C(F)F)n5)CC4)C3)c21. The summed E-state index contributed by atoms with van der Waals surface area (Å²) in [7, 11) is 1.65. The minimum atomic E-state index is -2.87. The van der Waals surface area contributed by atoms with Gasteiger partial charge in [-0.05, 0) is 69.1 Å². The summed E-state index contributed by atoms with van der Waals surface area (Å²) in [6.07, 6.45) is 7.68. The van der Waals surface area contributed by atoms with Gasteiger partial charge in [0.2, 0.25) is 11.8 Å². The molecule has 2 bridgehead atoms. The molecule has 5 aromatic rings. The molecule has 1 aromatic carbocycles. The van der Waals surface area contributed by atoms with Gasteiger partial charge < -0.3 is 24.6 Å². The number of hydrogen-bond donors (Lipinski definition) is 2. The highest BCUT2D eigenvalue weighted by atomic mass is 19.3. The minimum absolute atomic E-state index is 0.0176. The number of nitrogens with one attached hydrogen (secondary N) is 2. The molecule has 10 rings (SSSR count). The van der Waals surface area contributed by atoms with Crippen LogP contribution in [-0.2, 0) is 26.1 Å². The predicted molar refractivity (Wildman–Crippen MR) is 221 cm³/mol. The average Bonchev–Trinajstić information content (AvgIpc) is 4.14. The molecule has 1 unspecified atom stereocenters. The number of ether oxygens (including phenoxy) is 2. The zero-order chi connectivity index (χ0) is 42.6. The maximum absolute atomic E-state index is 14.3. The van der Waals surface area contributed by atoms with Crippen LogP contribution in [0.4, 0.5) is 20.3 Å². The number of para-hydroxylation sites is 1. The molecule has 19 heteroatoms. The van der Waals surface area contributed by atoms with Crippen molar-refractivity contribution >= 4 is 45.9 Å². The van der Waals surface area contributed by atoms with Gasteiger partial charge in [0.15, 0.2) is 11.3 Å². The number of likely N-dealkylation sites (tertiary alicyclic amines) is 1. The lowest BCUT2D eigenvalue weighted by Crippen LogP contribution is -2.44. The monoisotopic (exact) mass is 851 g/mol. The van der Waals surface area contributed by atoms with E-state index in [1.165, 1.54) is 26.0 Å². The van der Waals surface area contributed by atoms with Gasteiger partial charge in [-0.2, -0.15) is 10.2 Å². The summed E-state index contributed by atoms with van der Waals surface area (Å²) in [6.45, 7) is 4.21. The van der Waals surface area contributed by atoms with Crippen LogP contribution < -0.4 is 21.2 Å². The van der Waals surface area contributed by atoms with Crippen molar-refractivity contribution in [2.45, 2.75) is 88.1 Å². The first-order chi connectivity index (χ1) is 30.1. The van der Waals surface area contributed by atoms with Crippen molar-refractivity contribution in [1.29, 1.82) is 0 Å². The van der Waals surface area contributed by atoms with Crippen molar-refractivity contribution in [3.8, 4) is 11.8 Å². The number of imide groups is 1. The zero-order valence-corrected chi connectivity index (χ0v) is 34.2. The molecule has 4 aromatic heterocycles. The van der Waals surface area contributed by atoms with Gasteiger partial charge >= 0.3 is 5.69 Å². The Hall–Kier alpha value is -5.97. The lowest BCUT2D eigenvalue weighted by molar-refractivity contribution is -0.135. The fraction of sp³-hybridized carbons (Fsp3) is 0.512. The standard InChI is InChI=1S/C43H47F2N11O6/c1-51-38-26(4-2-6-33(38)56(43(51)60)34-11-12-36(57)49-42(34)59)5-3-17-61-29-13-15-52(21-29)20-25-7-9-27(10-8-25)55-23-32(37(50-55)39(44)45)47-41(58)31-19-46-54-16-14-35(48-40(31)54)53-22-30-18-28(53)24-62-30/h2,4,6,14,16,19,23,25,27-30,34,39H,7-13,15,17-18,20-22,24H2,1H3,(H,47,58)(H,49,57,59)/t25?,27?,28-,29-,30-,34?/m1/s1. The number of nitrogens with zero attached hydrogens (tertiary/aromatic N) is 9. The summed E-state index contributed by atoms with van der Waals surface area (Å²) in [5.74, 6) is 6.05. The molecule has 5 fully saturated rings. The molecule has 0 spiro atoms. The fourth-order valence-corrected chi connectivity index (χ4v) is 10.0. The maximum atomic E-state index is 14.3. The summed E-state index contributed by atoms with van der Waals surface area (Å²) in [4.78, 5) is 60.4. The van der Waals surface area contributed by atoms with Crippen LogP contribution in [0.2, 0.25) is 0 Å². The first-order valence-corrected chi connectivity index (χ1v) is 21.4. The van der Waals surface area contributed by atoms with Crippen molar-refractivity contribution in [2.75, 3.05) is 49.6 Å². The Morgan fingerprint density at radius 3 is 2.71 bits per heavy atom. The average molecular weight is 852 g/mol. The van der Waals surface area contributed by atoms with Gasteiger partial charge in [-0.15, -0.1) is 0 Å². The van der Waals surface area contributed by atoms with Crippen molar-refractivity contribution in [3.63, 3.8) is 0 Å². The quantitative estimate of drug-likeness (QED) is 0.155. The lowest BCUT2D eigenvalue weighted by atomic mass is 9.86. The number of piperidine rings is 1. The predicted octanol–water partition coefficient (Wildman–Crippen LogP) is 3.60. The van der Waals surface area contributed by atoms with Crippen LogP contribution in [0.25, 0.3) is 16.7 Å². The number of carbonyl (C=O) groups excluding carboxylic acids is 3. The van der Waals surface area contributed by atoms with E-state index < -0.39 is 30.0 Å². The number of hydrogen-bond acceptors (Lipinski definition) is 11. The molecule has 0 radical (unpaired) electrons. The van der Waals surface area contributed by atoms with Crippen LogP contribution in [0, 0.1) is 17.8 Å². The van der Waals surface area contributed by atoms with E-state index in [0.717, 1.165) is 70.5 Å². The third kappa shape index (κ3) is 7.53. The van der Waals surface area contributed by atoms with Crippen LogP contribution in [0.3, 0.4) is 0 Å². The van der Waals surface area contributed by atoms with E-state index in [4.69, 9.17) is 14.5 Å². The van der Waals surface area contributed by atoms with Gasteiger partial charge in [0, 0.05) is 52.0 Å². The molecule has 1 aliphatic carbocycles. The summed E-state index contributed by atoms with van der Waals surface area (Å²) >= 11 is 0. The first-order valence-electron chi connectivity index (χ1n) is 21.4. The number of aromatic nitrogens is 7. The summed E-state index contributed by atoms with van der Waals surface area (Å²) in [5, 5.41) is 13.6. The number of morpholine rings is 1. The highest BCUT2D eigenvalue weighted by molar-refractivity contribution is 6.08. The topological polar surface area (TPSA) is 175 Å².